The van der Waals surface area contributed by atoms with E-state index >= 15 is 0 Å². The first-order valence-electron chi connectivity index (χ1n) is 7.28. The molecule has 122 valence electrons. The fraction of sp³-hybridized carbons (Fsp3) is 0.111. The van der Waals surface area contributed by atoms with Crippen molar-refractivity contribution in [3.05, 3.63) is 69.3 Å². The van der Waals surface area contributed by atoms with Gasteiger partial charge >= 0.3 is 0 Å². The summed E-state index contributed by atoms with van der Waals surface area (Å²) in [6.45, 7) is 4.04. The van der Waals surface area contributed by atoms with Gasteiger partial charge in [-0.25, -0.2) is 0 Å². The summed E-state index contributed by atoms with van der Waals surface area (Å²) in [7, 11) is 0. The van der Waals surface area contributed by atoms with Crippen molar-refractivity contribution in [2.24, 2.45) is 0 Å². The number of aryl methyl sites for hydroxylation is 2. The summed E-state index contributed by atoms with van der Waals surface area (Å²) in [5.74, 6) is -0.124. The number of ketones is 1. The van der Waals surface area contributed by atoms with Crippen molar-refractivity contribution in [2.45, 2.75) is 18.1 Å². The van der Waals surface area contributed by atoms with Crippen LogP contribution in [0.2, 0.25) is 5.02 Å². The monoisotopic (exact) mass is 375 g/mol. The van der Waals surface area contributed by atoms with E-state index in [0.717, 1.165) is 16.8 Å². The third kappa shape index (κ3) is 3.20. The molecule has 24 heavy (non-hydrogen) atoms. The van der Waals surface area contributed by atoms with Crippen molar-refractivity contribution >= 4 is 47.0 Å². The van der Waals surface area contributed by atoms with Crippen molar-refractivity contribution in [2.75, 3.05) is 5.73 Å². The molecule has 3 aromatic rings. The third-order valence-electron chi connectivity index (χ3n) is 3.61. The van der Waals surface area contributed by atoms with E-state index in [1.54, 1.807) is 24.3 Å². The van der Waals surface area contributed by atoms with E-state index in [0.29, 0.717) is 25.4 Å². The molecule has 0 aliphatic heterocycles. The summed E-state index contributed by atoms with van der Waals surface area (Å²) >= 11 is 11.7. The van der Waals surface area contributed by atoms with Crippen LogP contribution in [0.25, 0.3) is 5.69 Å². The Morgan fingerprint density at radius 1 is 1.17 bits per heavy atom. The Bertz CT molecular complexity index is 913. The molecule has 0 atom stereocenters. The quantitative estimate of drug-likeness (QED) is 0.405. The van der Waals surface area contributed by atoms with Crippen molar-refractivity contribution in [1.82, 2.24) is 0 Å². The van der Waals surface area contributed by atoms with E-state index in [2.05, 4.69) is 18.7 Å². The number of rotatable bonds is 3. The maximum absolute atomic E-state index is 12.8. The minimum atomic E-state index is -0.124. The van der Waals surface area contributed by atoms with E-state index in [-0.39, 0.29) is 5.78 Å². The standard InChI is InChI=1S/C18H15ClN2OS2/c1-10-7-11(2)9-21(8-10)15-14(20)17(24-18(15)23)16(22)12-3-5-13(19)6-4-12/h3-9H,1-2H3,(H2-,20,22,23)/p+1. The number of halogens is 1. The molecule has 2 aromatic heterocycles. The number of carbonyl (C=O) groups excluding carboxylic acids is 1. The van der Waals surface area contributed by atoms with Crippen LogP contribution in [0.5, 0.6) is 0 Å². The number of nitrogen functional groups attached to an aromatic ring is 1. The van der Waals surface area contributed by atoms with E-state index in [4.69, 9.17) is 17.3 Å². The highest BCUT2D eigenvalue weighted by atomic mass is 35.5. The number of thiol groups is 1. The zero-order chi connectivity index (χ0) is 17.4. The number of nitrogens with two attached hydrogens (primary N) is 1. The second kappa shape index (κ2) is 6.59. The molecule has 0 saturated heterocycles. The van der Waals surface area contributed by atoms with E-state index in [1.165, 1.54) is 11.3 Å². The van der Waals surface area contributed by atoms with Gasteiger partial charge in [-0.2, -0.15) is 4.57 Å². The molecular weight excluding hydrogens is 360 g/mol. The number of hydrogen-bond acceptors (Lipinski definition) is 4. The second-order valence-corrected chi connectivity index (χ2v) is 7.84. The highest BCUT2D eigenvalue weighted by Crippen LogP contribution is 2.35. The molecule has 2 N–H and O–H groups in total. The number of carbonyl (C=O) groups is 1. The minimum absolute atomic E-state index is 0.124. The number of benzene rings is 1. The number of pyridine rings is 1. The molecule has 0 spiro atoms. The van der Waals surface area contributed by atoms with Gasteiger partial charge in [0.1, 0.15) is 14.8 Å². The van der Waals surface area contributed by atoms with Crippen LogP contribution >= 0.6 is 35.6 Å². The number of hydrogen-bond donors (Lipinski definition) is 2. The second-order valence-electron chi connectivity index (χ2n) is 5.63. The van der Waals surface area contributed by atoms with Crippen LogP contribution in [-0.2, 0) is 0 Å². The van der Waals surface area contributed by atoms with Gasteiger partial charge in [-0.3, -0.25) is 4.79 Å². The van der Waals surface area contributed by atoms with Crippen LogP contribution in [0.15, 0.2) is 46.9 Å². The Hall–Kier alpha value is -1.82. The SMILES string of the molecule is Cc1cc(C)c[n+](-c2c(S)sc(C(=O)c3ccc(Cl)cc3)c2N)c1. The zero-order valence-corrected chi connectivity index (χ0v) is 15.7. The first-order valence-corrected chi connectivity index (χ1v) is 8.92. The fourth-order valence-electron chi connectivity index (χ4n) is 2.61. The Morgan fingerprint density at radius 3 is 2.33 bits per heavy atom. The lowest BCUT2D eigenvalue weighted by Gasteiger charge is -2.01. The topological polar surface area (TPSA) is 47.0 Å². The maximum atomic E-state index is 12.8. The molecule has 0 aliphatic carbocycles. The van der Waals surface area contributed by atoms with Gasteiger partial charge in [0, 0.05) is 21.7 Å². The average Bonchev–Trinajstić information content (AvgIpc) is 2.81. The number of nitrogens with zero attached hydrogens (tertiary/aromatic N) is 1. The molecule has 3 nitrogen and oxygen atoms in total. The van der Waals surface area contributed by atoms with Gasteiger partial charge in [0.15, 0.2) is 12.4 Å². The summed E-state index contributed by atoms with van der Waals surface area (Å²) in [5, 5.41) is 0.590. The van der Waals surface area contributed by atoms with Gasteiger partial charge in [-0.1, -0.05) is 11.6 Å². The average molecular weight is 376 g/mol. The summed E-state index contributed by atoms with van der Waals surface area (Å²) < 4.78 is 2.64. The Balaban J connectivity index is 2.09. The molecule has 0 radical (unpaired) electrons. The van der Waals surface area contributed by atoms with Crippen LogP contribution in [-0.4, -0.2) is 5.78 Å². The molecule has 0 aliphatic rings. The van der Waals surface area contributed by atoms with Crippen LogP contribution in [0, 0.1) is 13.8 Å². The van der Waals surface area contributed by atoms with Gasteiger partial charge in [-0.15, -0.1) is 24.0 Å². The fourth-order valence-corrected chi connectivity index (χ4v) is 4.17. The lowest BCUT2D eigenvalue weighted by atomic mass is 10.1. The van der Waals surface area contributed by atoms with Gasteiger partial charge < -0.3 is 5.73 Å². The van der Waals surface area contributed by atoms with Crippen molar-refractivity contribution < 1.29 is 9.36 Å². The summed E-state index contributed by atoms with van der Waals surface area (Å²) in [6, 6.07) is 8.87. The van der Waals surface area contributed by atoms with Gasteiger partial charge in [0.05, 0.1) is 0 Å². The molecular formula is C18H16ClN2OS2+. The first-order chi connectivity index (χ1) is 11.4. The minimum Gasteiger partial charge on any atom is -0.392 e. The predicted octanol–water partition coefficient (Wildman–Crippen LogP) is 4.40. The predicted molar refractivity (Wildman–Crippen MR) is 102 cm³/mol. The molecule has 6 heteroatoms. The lowest BCUT2D eigenvalue weighted by Crippen LogP contribution is -2.31. The molecule has 2 heterocycles. The van der Waals surface area contributed by atoms with E-state index < -0.39 is 0 Å². The molecule has 0 unspecified atom stereocenters. The molecule has 0 amide bonds. The smallest absolute Gasteiger partial charge is 0.258 e. The van der Waals surface area contributed by atoms with Crippen LogP contribution in [0.1, 0.15) is 26.4 Å². The largest absolute Gasteiger partial charge is 0.392 e. The Morgan fingerprint density at radius 2 is 1.75 bits per heavy atom. The Kier molecular flexibility index (Phi) is 4.67. The molecule has 3 rings (SSSR count). The van der Waals surface area contributed by atoms with Crippen LogP contribution < -0.4 is 10.3 Å². The van der Waals surface area contributed by atoms with Crippen molar-refractivity contribution in [3.63, 3.8) is 0 Å². The highest BCUT2D eigenvalue weighted by molar-refractivity contribution is 7.83. The summed E-state index contributed by atoms with van der Waals surface area (Å²) in [5.41, 5.74) is 10.3. The van der Waals surface area contributed by atoms with Crippen LogP contribution in [0.4, 0.5) is 5.69 Å². The molecule has 1 aromatic carbocycles. The van der Waals surface area contributed by atoms with Gasteiger partial charge in [0.25, 0.3) is 5.69 Å². The molecule has 0 fully saturated rings. The van der Waals surface area contributed by atoms with E-state index in [1.807, 2.05) is 30.8 Å². The van der Waals surface area contributed by atoms with Crippen molar-refractivity contribution in [3.8, 4) is 5.69 Å². The zero-order valence-electron chi connectivity index (χ0n) is 13.2. The van der Waals surface area contributed by atoms with Gasteiger partial charge in [-0.05, 0) is 44.2 Å². The van der Waals surface area contributed by atoms with Crippen LogP contribution in [0.3, 0.4) is 0 Å². The van der Waals surface area contributed by atoms with Crippen molar-refractivity contribution in [1.29, 1.82) is 0 Å². The molecule has 0 saturated carbocycles. The maximum Gasteiger partial charge on any atom is 0.258 e. The summed E-state index contributed by atoms with van der Waals surface area (Å²) in [4.78, 5) is 13.2. The van der Waals surface area contributed by atoms with E-state index in [9.17, 15) is 4.79 Å². The number of thiophene rings is 1. The normalized spacial score (nSPS) is 10.8. The highest BCUT2D eigenvalue weighted by Gasteiger charge is 2.27. The first kappa shape index (κ1) is 17.0. The number of aromatic nitrogens is 1. The third-order valence-corrected chi connectivity index (χ3v) is 5.35. The lowest BCUT2D eigenvalue weighted by molar-refractivity contribution is -0.597. The van der Waals surface area contributed by atoms with Gasteiger partial charge in [0.2, 0.25) is 5.78 Å². The Labute approximate surface area is 155 Å². The number of anilines is 1. The molecule has 0 bridgehead atoms. The summed E-state index contributed by atoms with van der Waals surface area (Å²) in [6.07, 6.45) is 3.95.